The topological polar surface area (TPSA) is 63.8 Å². The second-order valence-corrected chi connectivity index (χ2v) is 1.94. The van der Waals surface area contributed by atoms with Crippen LogP contribution in [0.15, 0.2) is 6.20 Å². The molecule has 0 aromatic carbocycles. The van der Waals surface area contributed by atoms with E-state index in [2.05, 4.69) is 15.3 Å². The first kappa shape index (κ1) is 4.55. The number of aromatic nitrogens is 2. The standard InChI is InChI=1S/C5H6N4/c6-5-8-1-3-4(9-5)2-7-3/h1,7H,2H2,(H2,6,8,9). The minimum atomic E-state index is 0.357. The number of nitrogens with two attached hydrogens (primary N) is 1. The molecular formula is C5H6N4. The van der Waals surface area contributed by atoms with Crippen molar-refractivity contribution in [1.29, 1.82) is 0 Å². The van der Waals surface area contributed by atoms with Gasteiger partial charge in [0.2, 0.25) is 5.95 Å². The van der Waals surface area contributed by atoms with Crippen molar-refractivity contribution in [1.82, 2.24) is 9.97 Å². The molecule has 0 atom stereocenters. The molecule has 4 nitrogen and oxygen atoms in total. The molecule has 3 N–H and O–H groups in total. The van der Waals surface area contributed by atoms with Crippen LogP contribution in [0.5, 0.6) is 0 Å². The average molecular weight is 122 g/mol. The van der Waals surface area contributed by atoms with E-state index >= 15 is 0 Å². The lowest BCUT2D eigenvalue weighted by Crippen LogP contribution is -2.17. The quantitative estimate of drug-likeness (QED) is 0.507. The Morgan fingerprint density at radius 3 is 3.00 bits per heavy atom. The number of nitrogens with one attached hydrogen (secondary N) is 1. The smallest absolute Gasteiger partial charge is 0.220 e. The highest BCUT2D eigenvalue weighted by Crippen LogP contribution is 2.21. The lowest BCUT2D eigenvalue weighted by Gasteiger charge is -2.18. The monoisotopic (exact) mass is 122 g/mol. The third-order valence-electron chi connectivity index (χ3n) is 1.33. The van der Waals surface area contributed by atoms with E-state index < -0.39 is 0 Å². The van der Waals surface area contributed by atoms with Gasteiger partial charge in [-0.05, 0) is 0 Å². The molecule has 0 bridgehead atoms. The van der Waals surface area contributed by atoms with E-state index in [1.54, 1.807) is 6.20 Å². The molecule has 0 fully saturated rings. The van der Waals surface area contributed by atoms with Crippen molar-refractivity contribution in [3.05, 3.63) is 11.9 Å². The highest BCUT2D eigenvalue weighted by molar-refractivity contribution is 5.55. The van der Waals surface area contributed by atoms with Crippen molar-refractivity contribution < 1.29 is 0 Å². The van der Waals surface area contributed by atoms with E-state index in [-0.39, 0.29) is 0 Å². The van der Waals surface area contributed by atoms with Gasteiger partial charge in [0, 0.05) is 0 Å². The molecule has 0 spiro atoms. The van der Waals surface area contributed by atoms with Crippen LogP contribution in [0.3, 0.4) is 0 Å². The summed E-state index contributed by atoms with van der Waals surface area (Å²) in [6.45, 7) is 0.821. The molecule has 9 heavy (non-hydrogen) atoms. The van der Waals surface area contributed by atoms with Crippen LogP contribution in [0.25, 0.3) is 0 Å². The first-order chi connectivity index (χ1) is 4.36. The molecular weight excluding hydrogens is 116 g/mol. The molecule has 2 rings (SSSR count). The Labute approximate surface area is 52.1 Å². The van der Waals surface area contributed by atoms with Crippen LogP contribution in [0.2, 0.25) is 0 Å². The van der Waals surface area contributed by atoms with Crippen molar-refractivity contribution >= 4 is 11.6 Å². The second kappa shape index (κ2) is 1.34. The fourth-order valence-corrected chi connectivity index (χ4v) is 0.787. The largest absolute Gasteiger partial charge is 0.377 e. The number of fused-ring (bicyclic) bond motifs is 1. The molecule has 0 saturated heterocycles. The fraction of sp³-hybridized carbons (Fsp3) is 0.200. The van der Waals surface area contributed by atoms with Crippen molar-refractivity contribution in [2.45, 2.75) is 6.54 Å². The Kier molecular flexibility index (Phi) is 0.677. The first-order valence-electron chi connectivity index (χ1n) is 2.71. The summed E-state index contributed by atoms with van der Waals surface area (Å²) >= 11 is 0. The van der Waals surface area contributed by atoms with Crippen LogP contribution in [0.4, 0.5) is 11.6 Å². The highest BCUT2D eigenvalue weighted by Gasteiger charge is 2.12. The van der Waals surface area contributed by atoms with Crippen molar-refractivity contribution in [2.24, 2.45) is 0 Å². The summed E-state index contributed by atoms with van der Waals surface area (Å²) in [6, 6.07) is 0. The molecule has 1 aromatic rings. The molecule has 1 aliphatic heterocycles. The zero-order chi connectivity index (χ0) is 6.27. The summed E-state index contributed by atoms with van der Waals surface area (Å²) in [5, 5.41) is 3.04. The molecule has 0 aliphatic carbocycles. The van der Waals surface area contributed by atoms with Gasteiger partial charge in [0.05, 0.1) is 24.1 Å². The third kappa shape index (κ3) is 0.526. The number of nitrogens with zero attached hydrogens (tertiary/aromatic N) is 2. The summed E-state index contributed by atoms with van der Waals surface area (Å²) in [5.74, 6) is 0.357. The number of hydrogen-bond donors (Lipinski definition) is 2. The van der Waals surface area contributed by atoms with Crippen LogP contribution in [-0.2, 0) is 6.54 Å². The lowest BCUT2D eigenvalue weighted by atomic mass is 10.2. The van der Waals surface area contributed by atoms with Crippen LogP contribution in [0.1, 0.15) is 5.69 Å². The van der Waals surface area contributed by atoms with E-state index in [9.17, 15) is 0 Å². The minimum absolute atomic E-state index is 0.357. The number of anilines is 2. The van der Waals surface area contributed by atoms with Crippen molar-refractivity contribution in [3.8, 4) is 0 Å². The molecule has 0 amide bonds. The Hall–Kier alpha value is -1.32. The normalized spacial score (nSPS) is 13.3. The molecule has 0 saturated carbocycles. The van der Waals surface area contributed by atoms with E-state index in [0.29, 0.717) is 5.95 Å². The predicted molar refractivity (Wildman–Crippen MR) is 33.8 cm³/mol. The second-order valence-electron chi connectivity index (χ2n) is 1.94. The van der Waals surface area contributed by atoms with Crippen molar-refractivity contribution in [2.75, 3.05) is 11.1 Å². The van der Waals surface area contributed by atoms with Gasteiger partial charge >= 0.3 is 0 Å². The van der Waals surface area contributed by atoms with Gasteiger partial charge in [-0.1, -0.05) is 0 Å². The van der Waals surface area contributed by atoms with Crippen LogP contribution < -0.4 is 11.1 Å². The summed E-state index contributed by atoms with van der Waals surface area (Å²) in [6.07, 6.45) is 1.70. The average Bonchev–Trinajstić information content (AvgIpc) is 1.78. The SMILES string of the molecule is Nc1ncc2c(n1)CN2. The zero-order valence-electron chi connectivity index (χ0n) is 4.76. The predicted octanol–water partition coefficient (Wildman–Crippen LogP) is -0.0157. The third-order valence-corrected chi connectivity index (χ3v) is 1.33. The highest BCUT2D eigenvalue weighted by atomic mass is 15.1. The Morgan fingerprint density at radius 1 is 1.67 bits per heavy atom. The Balaban J connectivity index is 2.57. The summed E-state index contributed by atoms with van der Waals surface area (Å²) < 4.78 is 0. The molecule has 1 aromatic heterocycles. The van der Waals surface area contributed by atoms with Gasteiger partial charge in [0.1, 0.15) is 0 Å². The summed E-state index contributed by atoms with van der Waals surface area (Å²) in [5.41, 5.74) is 7.33. The van der Waals surface area contributed by atoms with E-state index in [1.807, 2.05) is 0 Å². The maximum atomic E-state index is 5.31. The first-order valence-corrected chi connectivity index (χ1v) is 2.71. The zero-order valence-corrected chi connectivity index (χ0v) is 4.76. The Morgan fingerprint density at radius 2 is 2.56 bits per heavy atom. The molecule has 4 heteroatoms. The van der Waals surface area contributed by atoms with E-state index in [4.69, 9.17) is 5.73 Å². The van der Waals surface area contributed by atoms with Crippen LogP contribution in [0, 0.1) is 0 Å². The summed E-state index contributed by atoms with van der Waals surface area (Å²) in [4.78, 5) is 7.76. The van der Waals surface area contributed by atoms with Crippen LogP contribution >= 0.6 is 0 Å². The summed E-state index contributed by atoms with van der Waals surface area (Å²) in [7, 11) is 0. The van der Waals surface area contributed by atoms with Gasteiger partial charge in [-0.3, -0.25) is 0 Å². The molecule has 0 radical (unpaired) electrons. The minimum Gasteiger partial charge on any atom is -0.377 e. The fourth-order valence-electron chi connectivity index (χ4n) is 0.787. The van der Waals surface area contributed by atoms with Gasteiger partial charge in [-0.2, -0.15) is 0 Å². The Bertz CT molecular complexity index is 245. The molecule has 2 heterocycles. The van der Waals surface area contributed by atoms with Gasteiger partial charge < -0.3 is 11.1 Å². The number of hydrogen-bond acceptors (Lipinski definition) is 4. The molecule has 1 aliphatic rings. The van der Waals surface area contributed by atoms with E-state index in [0.717, 1.165) is 17.9 Å². The van der Waals surface area contributed by atoms with Gasteiger partial charge in [0.15, 0.2) is 0 Å². The maximum Gasteiger partial charge on any atom is 0.220 e. The van der Waals surface area contributed by atoms with Crippen LogP contribution in [-0.4, -0.2) is 9.97 Å². The van der Waals surface area contributed by atoms with Gasteiger partial charge in [-0.25, -0.2) is 9.97 Å². The lowest BCUT2D eigenvalue weighted by molar-refractivity contribution is 0.939. The van der Waals surface area contributed by atoms with Crippen molar-refractivity contribution in [3.63, 3.8) is 0 Å². The maximum absolute atomic E-state index is 5.31. The van der Waals surface area contributed by atoms with Gasteiger partial charge in [-0.15, -0.1) is 0 Å². The van der Waals surface area contributed by atoms with E-state index in [1.165, 1.54) is 0 Å². The molecule has 0 unspecified atom stereocenters. The molecule has 46 valence electrons. The number of rotatable bonds is 0. The number of nitrogen functional groups attached to an aromatic ring is 1. The van der Waals surface area contributed by atoms with Gasteiger partial charge in [0.25, 0.3) is 0 Å².